The number of carbonyl (C=O) groups excluding carboxylic acids is 1. The van der Waals surface area contributed by atoms with E-state index in [0.29, 0.717) is 56.0 Å². The van der Waals surface area contributed by atoms with Crippen LogP contribution in [0.3, 0.4) is 0 Å². The van der Waals surface area contributed by atoms with Crippen LogP contribution in [0.4, 0.5) is 4.39 Å². The number of pyridine rings is 1. The van der Waals surface area contributed by atoms with Gasteiger partial charge in [0.15, 0.2) is 0 Å². The number of rotatable bonds is 5. The van der Waals surface area contributed by atoms with Crippen LogP contribution >= 0.6 is 0 Å². The zero-order valence-electron chi connectivity index (χ0n) is 19.5. The van der Waals surface area contributed by atoms with Crippen molar-refractivity contribution in [2.24, 2.45) is 11.3 Å². The van der Waals surface area contributed by atoms with Gasteiger partial charge in [-0.15, -0.1) is 0 Å². The molecule has 3 aliphatic heterocycles. The topological polar surface area (TPSA) is 46.8 Å². The summed E-state index contributed by atoms with van der Waals surface area (Å²) in [5.74, 6) is 0.597. The smallest absolute Gasteiger partial charge is 0.229 e. The van der Waals surface area contributed by atoms with Crippen LogP contribution < -0.4 is 0 Å². The minimum Gasteiger partial charge on any atom is -0.381 e. The number of amides is 1. The van der Waals surface area contributed by atoms with Crippen molar-refractivity contribution in [3.8, 4) is 0 Å². The number of halogens is 1. The monoisotopic (exact) mass is 461 g/mol. The first-order chi connectivity index (χ1) is 16.6. The van der Waals surface area contributed by atoms with Gasteiger partial charge >= 0.3 is 0 Å². The van der Waals surface area contributed by atoms with Crippen LogP contribution in [-0.4, -0.2) is 45.7 Å². The molecule has 2 atom stereocenters. The molecule has 3 fully saturated rings. The summed E-state index contributed by atoms with van der Waals surface area (Å²) in [6.45, 7) is 1.14. The standard InChI is InChI=1S/C28H32FN3O2/c29-25-6-2-1-4-22(25)19-28(10-14-34-15-11-28)27(33)32-23-7-8-24(32)18-20(17-23)16-21-5-3-13-31-26(21)9-12-30-31/h1-6,9,12-13,20,23-24H,7-8,10-11,14-19H2. The summed E-state index contributed by atoms with van der Waals surface area (Å²) >= 11 is 0. The zero-order chi connectivity index (χ0) is 23.1. The number of piperidine rings is 1. The lowest BCUT2D eigenvalue weighted by molar-refractivity contribution is -0.153. The van der Waals surface area contributed by atoms with Crippen LogP contribution in [0, 0.1) is 17.2 Å². The summed E-state index contributed by atoms with van der Waals surface area (Å²) in [6.07, 6.45) is 10.9. The van der Waals surface area contributed by atoms with Crippen LogP contribution in [0.2, 0.25) is 0 Å². The minimum atomic E-state index is -0.558. The van der Waals surface area contributed by atoms with E-state index in [1.165, 1.54) is 17.1 Å². The Morgan fingerprint density at radius 3 is 2.53 bits per heavy atom. The van der Waals surface area contributed by atoms with E-state index in [2.05, 4.69) is 28.2 Å². The van der Waals surface area contributed by atoms with Crippen LogP contribution in [0.25, 0.3) is 5.52 Å². The molecular weight excluding hydrogens is 429 g/mol. The van der Waals surface area contributed by atoms with Gasteiger partial charge in [0, 0.05) is 37.7 Å². The highest BCUT2D eigenvalue weighted by molar-refractivity contribution is 5.84. The fourth-order valence-corrected chi connectivity index (χ4v) is 6.79. The van der Waals surface area contributed by atoms with Crippen molar-refractivity contribution in [2.45, 2.75) is 63.5 Å². The maximum atomic E-state index is 14.6. The highest BCUT2D eigenvalue weighted by atomic mass is 19.1. The average molecular weight is 462 g/mol. The Balaban J connectivity index is 1.22. The molecule has 0 saturated carbocycles. The minimum absolute atomic E-state index is 0.211. The summed E-state index contributed by atoms with van der Waals surface area (Å²) in [4.78, 5) is 16.4. The maximum Gasteiger partial charge on any atom is 0.229 e. The first-order valence-corrected chi connectivity index (χ1v) is 12.7. The summed E-state index contributed by atoms with van der Waals surface area (Å²) in [6, 6.07) is 13.9. The molecular formula is C28H32FN3O2. The van der Waals surface area contributed by atoms with Gasteiger partial charge in [-0.3, -0.25) is 4.79 Å². The van der Waals surface area contributed by atoms with E-state index in [1.807, 2.05) is 29.0 Å². The van der Waals surface area contributed by atoms with Gasteiger partial charge in [0.2, 0.25) is 5.91 Å². The molecule has 178 valence electrons. The predicted molar refractivity (Wildman–Crippen MR) is 128 cm³/mol. The van der Waals surface area contributed by atoms with Crippen molar-refractivity contribution < 1.29 is 13.9 Å². The molecule has 0 radical (unpaired) electrons. The van der Waals surface area contributed by atoms with E-state index in [9.17, 15) is 9.18 Å². The number of aromatic nitrogens is 2. The van der Waals surface area contributed by atoms with E-state index >= 15 is 0 Å². The van der Waals surface area contributed by atoms with Crippen molar-refractivity contribution in [1.82, 2.24) is 14.5 Å². The molecule has 5 nitrogen and oxygen atoms in total. The van der Waals surface area contributed by atoms with Crippen molar-refractivity contribution in [2.75, 3.05) is 13.2 Å². The molecule has 5 heterocycles. The number of hydrogen-bond acceptors (Lipinski definition) is 3. The summed E-state index contributed by atoms with van der Waals surface area (Å²) in [7, 11) is 0. The fourth-order valence-electron chi connectivity index (χ4n) is 6.79. The van der Waals surface area contributed by atoms with Gasteiger partial charge in [-0.25, -0.2) is 8.91 Å². The Bertz CT molecular complexity index is 1170. The summed E-state index contributed by atoms with van der Waals surface area (Å²) in [5.41, 5.74) is 2.61. The van der Waals surface area contributed by atoms with E-state index in [1.54, 1.807) is 6.07 Å². The van der Waals surface area contributed by atoms with Crippen molar-refractivity contribution in [3.05, 3.63) is 71.8 Å². The molecule has 2 unspecified atom stereocenters. The molecule has 1 aromatic carbocycles. The Kier molecular flexibility index (Phi) is 5.64. The van der Waals surface area contributed by atoms with E-state index < -0.39 is 5.41 Å². The molecule has 3 saturated heterocycles. The third-order valence-electron chi connectivity index (χ3n) is 8.49. The molecule has 1 amide bonds. The number of hydrogen-bond donors (Lipinski definition) is 0. The van der Waals surface area contributed by atoms with Gasteiger partial charge in [-0.2, -0.15) is 5.10 Å². The lowest BCUT2D eigenvalue weighted by Crippen LogP contribution is -2.55. The highest BCUT2D eigenvalue weighted by Crippen LogP contribution is 2.45. The Labute approximate surface area is 199 Å². The molecule has 6 rings (SSSR count). The first kappa shape index (κ1) is 21.8. The highest BCUT2D eigenvalue weighted by Gasteiger charge is 2.50. The maximum absolute atomic E-state index is 14.6. The molecule has 2 aromatic heterocycles. The second-order valence-corrected chi connectivity index (χ2v) is 10.5. The number of carbonyl (C=O) groups is 1. The molecule has 3 aliphatic rings. The van der Waals surface area contributed by atoms with E-state index in [4.69, 9.17) is 4.74 Å². The van der Waals surface area contributed by atoms with Gasteiger partial charge in [-0.1, -0.05) is 24.3 Å². The molecule has 0 spiro atoms. The van der Waals surface area contributed by atoms with Gasteiger partial charge in [0.05, 0.1) is 10.9 Å². The normalized spacial score (nSPS) is 26.1. The zero-order valence-corrected chi connectivity index (χ0v) is 19.5. The van der Waals surface area contributed by atoms with E-state index in [-0.39, 0.29) is 11.7 Å². The molecule has 34 heavy (non-hydrogen) atoms. The van der Waals surface area contributed by atoms with Crippen molar-refractivity contribution in [3.63, 3.8) is 0 Å². The van der Waals surface area contributed by atoms with Crippen LogP contribution in [0.5, 0.6) is 0 Å². The summed E-state index contributed by atoms with van der Waals surface area (Å²) in [5, 5.41) is 4.38. The fraction of sp³-hybridized carbons (Fsp3) is 0.500. The third-order valence-corrected chi connectivity index (χ3v) is 8.49. The Morgan fingerprint density at radius 2 is 1.76 bits per heavy atom. The number of nitrogens with zero attached hydrogens (tertiary/aromatic N) is 3. The van der Waals surface area contributed by atoms with Crippen LogP contribution in [0.1, 0.15) is 49.7 Å². The first-order valence-electron chi connectivity index (χ1n) is 12.7. The Hall–Kier alpha value is -2.73. The van der Waals surface area contributed by atoms with E-state index in [0.717, 1.165) is 32.1 Å². The SMILES string of the molecule is O=C(N1C2CCC1CC(Cc1cccn3nccc13)C2)C1(Cc2ccccc2F)CCOCC1. The van der Waals surface area contributed by atoms with Gasteiger partial charge in [0.1, 0.15) is 5.82 Å². The summed E-state index contributed by atoms with van der Waals surface area (Å²) < 4.78 is 22.2. The molecule has 3 aromatic rings. The average Bonchev–Trinajstić information content (AvgIpc) is 3.44. The predicted octanol–water partition coefficient (Wildman–Crippen LogP) is 4.83. The molecule has 0 aliphatic carbocycles. The van der Waals surface area contributed by atoms with Gasteiger partial charge in [0.25, 0.3) is 0 Å². The third kappa shape index (κ3) is 3.82. The largest absolute Gasteiger partial charge is 0.381 e. The lowest BCUT2D eigenvalue weighted by Gasteiger charge is -2.46. The van der Waals surface area contributed by atoms with Crippen LogP contribution in [0.15, 0.2) is 54.9 Å². The Morgan fingerprint density at radius 1 is 1.03 bits per heavy atom. The van der Waals surface area contributed by atoms with Crippen LogP contribution in [-0.2, 0) is 22.4 Å². The quantitative estimate of drug-likeness (QED) is 0.547. The number of benzene rings is 1. The second-order valence-electron chi connectivity index (χ2n) is 10.5. The second kappa shape index (κ2) is 8.81. The van der Waals surface area contributed by atoms with Gasteiger partial charge < -0.3 is 9.64 Å². The van der Waals surface area contributed by atoms with Gasteiger partial charge in [-0.05, 0) is 86.6 Å². The number of fused-ring (bicyclic) bond motifs is 3. The number of ether oxygens (including phenoxy) is 1. The molecule has 0 N–H and O–H groups in total. The molecule has 2 bridgehead atoms. The van der Waals surface area contributed by atoms with Crippen molar-refractivity contribution >= 4 is 11.4 Å². The molecule has 6 heteroatoms. The lowest BCUT2D eigenvalue weighted by atomic mass is 9.72. The van der Waals surface area contributed by atoms with Crippen molar-refractivity contribution in [1.29, 1.82) is 0 Å².